The number of carbonyl (C=O) groups is 1. The second kappa shape index (κ2) is 8.72. The maximum Gasteiger partial charge on any atom is 0.407 e. The Hall–Kier alpha value is -1.82. The number of nitrogens with one attached hydrogen (secondary N) is 1. The Kier molecular flexibility index (Phi) is 7.29. The lowest BCUT2D eigenvalue weighted by atomic mass is 10.1. The fourth-order valence-corrected chi connectivity index (χ4v) is 1.88. The smallest absolute Gasteiger partial charge is 0.407 e. The molecule has 6 heteroatoms. The molecular formula is C17H26FNO4. The number of hydrogen-bond acceptors (Lipinski definition) is 4. The van der Waals surface area contributed by atoms with Gasteiger partial charge in [0, 0.05) is 12.6 Å². The van der Waals surface area contributed by atoms with E-state index in [-0.39, 0.29) is 12.4 Å². The zero-order chi connectivity index (χ0) is 17.5. The minimum Gasteiger partial charge on any atom is -0.488 e. The van der Waals surface area contributed by atoms with Crippen molar-refractivity contribution in [3.05, 3.63) is 29.6 Å². The van der Waals surface area contributed by atoms with Crippen LogP contribution in [0.2, 0.25) is 0 Å². The molecule has 2 N–H and O–H groups in total. The van der Waals surface area contributed by atoms with Crippen LogP contribution in [-0.4, -0.2) is 36.1 Å². The average Bonchev–Trinajstić information content (AvgIpc) is 2.43. The summed E-state index contributed by atoms with van der Waals surface area (Å²) in [6.07, 6.45) is 0.413. The molecule has 1 aromatic carbocycles. The Morgan fingerprint density at radius 3 is 2.70 bits per heavy atom. The van der Waals surface area contributed by atoms with Gasteiger partial charge in [-0.15, -0.1) is 0 Å². The largest absolute Gasteiger partial charge is 0.488 e. The highest BCUT2D eigenvalue weighted by Gasteiger charge is 2.15. The third-order valence-corrected chi connectivity index (χ3v) is 2.91. The van der Waals surface area contributed by atoms with Gasteiger partial charge in [-0.2, -0.15) is 0 Å². The first kappa shape index (κ1) is 19.2. The summed E-state index contributed by atoms with van der Waals surface area (Å²) in [6, 6.07) is 4.33. The van der Waals surface area contributed by atoms with E-state index in [9.17, 15) is 9.18 Å². The highest BCUT2D eigenvalue weighted by molar-refractivity contribution is 5.67. The van der Waals surface area contributed by atoms with Crippen molar-refractivity contribution in [2.75, 3.05) is 13.2 Å². The number of carbonyl (C=O) groups excluding carboxylic acids is 1. The van der Waals surface area contributed by atoms with E-state index >= 15 is 0 Å². The minimum atomic E-state index is -0.525. The topological polar surface area (TPSA) is 67.8 Å². The molecule has 5 nitrogen and oxygen atoms in total. The van der Waals surface area contributed by atoms with E-state index in [1.807, 2.05) is 0 Å². The molecule has 0 bridgehead atoms. The zero-order valence-corrected chi connectivity index (χ0v) is 14.2. The predicted molar refractivity (Wildman–Crippen MR) is 86.1 cm³/mol. The predicted octanol–water partition coefficient (Wildman–Crippen LogP) is 3.04. The molecule has 0 heterocycles. The van der Waals surface area contributed by atoms with Crippen LogP contribution in [0.15, 0.2) is 18.2 Å². The van der Waals surface area contributed by atoms with Crippen LogP contribution in [0.3, 0.4) is 0 Å². The summed E-state index contributed by atoms with van der Waals surface area (Å²) >= 11 is 0. The Labute approximate surface area is 136 Å². The number of halogens is 1. The third-order valence-electron chi connectivity index (χ3n) is 2.91. The number of rotatable bonds is 7. The Morgan fingerprint density at radius 1 is 1.39 bits per heavy atom. The SMILES string of the molecule is CC(CO)Oc1cc(F)ccc1CCCNC(=O)OC(C)(C)C. The number of amides is 1. The summed E-state index contributed by atoms with van der Waals surface area (Å²) in [5.41, 5.74) is 0.306. The van der Waals surface area contributed by atoms with Crippen LogP contribution in [0.5, 0.6) is 5.75 Å². The van der Waals surface area contributed by atoms with E-state index in [0.717, 1.165) is 5.56 Å². The van der Waals surface area contributed by atoms with Crippen LogP contribution >= 0.6 is 0 Å². The maximum atomic E-state index is 13.3. The van der Waals surface area contributed by atoms with Crippen molar-refractivity contribution >= 4 is 6.09 Å². The van der Waals surface area contributed by atoms with Gasteiger partial charge < -0.3 is 19.9 Å². The fourth-order valence-electron chi connectivity index (χ4n) is 1.88. The van der Waals surface area contributed by atoms with E-state index in [1.54, 1.807) is 33.8 Å². The summed E-state index contributed by atoms with van der Waals surface area (Å²) in [5, 5.41) is 11.7. The van der Waals surface area contributed by atoms with E-state index in [4.69, 9.17) is 14.6 Å². The highest BCUT2D eigenvalue weighted by atomic mass is 19.1. The van der Waals surface area contributed by atoms with Gasteiger partial charge in [-0.25, -0.2) is 9.18 Å². The first-order valence-electron chi connectivity index (χ1n) is 7.74. The van der Waals surface area contributed by atoms with Crippen molar-refractivity contribution < 1.29 is 23.8 Å². The van der Waals surface area contributed by atoms with Crippen LogP contribution in [0.25, 0.3) is 0 Å². The van der Waals surface area contributed by atoms with Gasteiger partial charge >= 0.3 is 6.09 Å². The molecule has 0 aliphatic rings. The number of aryl methyl sites for hydroxylation is 1. The first-order chi connectivity index (χ1) is 10.7. The van der Waals surface area contributed by atoms with Gasteiger partial charge in [-0.1, -0.05) is 6.07 Å². The number of benzene rings is 1. The molecule has 0 aliphatic heterocycles. The Bertz CT molecular complexity index is 514. The van der Waals surface area contributed by atoms with Crippen molar-refractivity contribution in [2.24, 2.45) is 0 Å². The number of ether oxygens (including phenoxy) is 2. The van der Waals surface area contributed by atoms with Gasteiger partial charge in [0.1, 0.15) is 23.3 Å². The lowest BCUT2D eigenvalue weighted by Gasteiger charge is -2.19. The van der Waals surface area contributed by atoms with Crippen molar-refractivity contribution in [3.63, 3.8) is 0 Å². The molecule has 0 saturated carbocycles. The maximum absolute atomic E-state index is 13.3. The number of hydrogen-bond donors (Lipinski definition) is 2. The molecule has 0 saturated heterocycles. The molecule has 23 heavy (non-hydrogen) atoms. The Balaban J connectivity index is 2.50. The summed E-state index contributed by atoms with van der Waals surface area (Å²) in [5.74, 6) is 0.0320. The lowest BCUT2D eigenvalue weighted by Crippen LogP contribution is -2.33. The molecule has 0 radical (unpaired) electrons. The Morgan fingerprint density at radius 2 is 2.09 bits per heavy atom. The normalized spacial score (nSPS) is 12.6. The van der Waals surface area contributed by atoms with Crippen LogP contribution in [-0.2, 0) is 11.2 Å². The summed E-state index contributed by atoms with van der Waals surface area (Å²) in [7, 11) is 0. The molecule has 0 aromatic heterocycles. The van der Waals surface area contributed by atoms with Crippen LogP contribution in [0, 0.1) is 5.82 Å². The van der Waals surface area contributed by atoms with Crippen LogP contribution < -0.4 is 10.1 Å². The third kappa shape index (κ3) is 7.83. The van der Waals surface area contributed by atoms with Gasteiger partial charge in [0.15, 0.2) is 0 Å². The van der Waals surface area contributed by atoms with E-state index in [2.05, 4.69) is 5.32 Å². The molecule has 1 amide bonds. The molecule has 0 aliphatic carbocycles. The zero-order valence-electron chi connectivity index (χ0n) is 14.2. The van der Waals surface area contributed by atoms with E-state index in [1.165, 1.54) is 12.1 Å². The van der Waals surface area contributed by atoms with Crippen LogP contribution in [0.1, 0.15) is 39.7 Å². The molecule has 0 fully saturated rings. The lowest BCUT2D eigenvalue weighted by molar-refractivity contribution is 0.0527. The van der Waals surface area contributed by atoms with E-state index in [0.29, 0.717) is 25.1 Å². The number of aliphatic hydroxyl groups is 1. The number of aliphatic hydroxyl groups excluding tert-OH is 1. The molecule has 0 spiro atoms. The molecule has 1 aromatic rings. The molecule has 1 atom stereocenters. The summed E-state index contributed by atoms with van der Waals surface area (Å²) in [6.45, 7) is 7.42. The quantitative estimate of drug-likeness (QED) is 0.755. The second-order valence-electron chi connectivity index (χ2n) is 6.40. The van der Waals surface area contributed by atoms with Gasteiger partial charge in [0.25, 0.3) is 0 Å². The first-order valence-corrected chi connectivity index (χ1v) is 7.74. The van der Waals surface area contributed by atoms with Crippen LogP contribution in [0.4, 0.5) is 9.18 Å². The van der Waals surface area contributed by atoms with Crippen molar-refractivity contribution in [1.82, 2.24) is 5.32 Å². The van der Waals surface area contributed by atoms with Gasteiger partial charge in [0.05, 0.1) is 6.61 Å². The summed E-state index contributed by atoms with van der Waals surface area (Å²) in [4.78, 5) is 11.5. The summed E-state index contributed by atoms with van der Waals surface area (Å²) < 4.78 is 24.0. The molecule has 1 unspecified atom stereocenters. The fraction of sp³-hybridized carbons (Fsp3) is 0.588. The molecule has 1 rings (SSSR count). The van der Waals surface area contributed by atoms with E-state index < -0.39 is 17.8 Å². The van der Waals surface area contributed by atoms with Crippen molar-refractivity contribution in [3.8, 4) is 5.75 Å². The van der Waals surface area contributed by atoms with Gasteiger partial charge in [-0.05, 0) is 52.2 Å². The van der Waals surface area contributed by atoms with Crippen molar-refractivity contribution in [2.45, 2.75) is 52.2 Å². The molecular weight excluding hydrogens is 301 g/mol. The minimum absolute atomic E-state index is 0.143. The van der Waals surface area contributed by atoms with Crippen molar-refractivity contribution in [1.29, 1.82) is 0 Å². The standard InChI is InChI=1S/C17H26FNO4/c1-12(11-20)22-15-10-14(18)8-7-13(15)6-5-9-19-16(21)23-17(2,3)4/h7-8,10,12,20H,5-6,9,11H2,1-4H3,(H,19,21). The highest BCUT2D eigenvalue weighted by Crippen LogP contribution is 2.22. The average molecular weight is 327 g/mol. The number of alkyl carbamates (subject to hydrolysis) is 1. The van der Waals surface area contributed by atoms with Gasteiger partial charge in [0.2, 0.25) is 0 Å². The molecule has 130 valence electrons. The monoisotopic (exact) mass is 327 g/mol. The van der Waals surface area contributed by atoms with Gasteiger partial charge in [-0.3, -0.25) is 0 Å². The second-order valence-corrected chi connectivity index (χ2v) is 6.40.